The van der Waals surface area contributed by atoms with E-state index in [-0.39, 0.29) is 50.5 Å². The lowest BCUT2D eigenvalue weighted by Crippen LogP contribution is -2.54. The lowest BCUT2D eigenvalue weighted by atomic mass is 9.63. The molecule has 6 fully saturated rings. The van der Waals surface area contributed by atoms with E-state index in [1.165, 1.54) is 133 Å². The maximum absolute atomic E-state index is 12.4. The van der Waals surface area contributed by atoms with Crippen molar-refractivity contribution >= 4 is 67.4 Å². The lowest BCUT2D eigenvalue weighted by molar-refractivity contribution is -0.121. The summed E-state index contributed by atoms with van der Waals surface area (Å²) in [4.78, 5) is 66.1. The van der Waals surface area contributed by atoms with E-state index in [4.69, 9.17) is 24.4 Å². The van der Waals surface area contributed by atoms with Gasteiger partial charge in [-0.25, -0.2) is 24.5 Å². The van der Waals surface area contributed by atoms with E-state index < -0.39 is 11.2 Å². The number of nitrogens with zero attached hydrogens (tertiary/aromatic N) is 10. The van der Waals surface area contributed by atoms with Crippen LogP contribution in [0.1, 0.15) is 235 Å². The zero-order valence-corrected chi connectivity index (χ0v) is 71.5. The number of piperidine rings is 3. The van der Waals surface area contributed by atoms with Gasteiger partial charge in [-0.15, -0.1) is 34.0 Å². The third-order valence-electron chi connectivity index (χ3n) is 24.9. The number of carbonyl (C=O) groups is 3. The largest absolute Gasteiger partial charge is 0.444 e. The van der Waals surface area contributed by atoms with E-state index >= 15 is 0 Å². The van der Waals surface area contributed by atoms with Gasteiger partial charge in [0.1, 0.15) is 17.0 Å². The summed E-state index contributed by atoms with van der Waals surface area (Å²) in [6.45, 7) is 57.7. The van der Waals surface area contributed by atoms with Crippen molar-refractivity contribution in [1.82, 2.24) is 45.2 Å². The Morgan fingerprint density at radius 3 is 1.02 bits per heavy atom. The van der Waals surface area contributed by atoms with Crippen molar-refractivity contribution < 1.29 is 23.9 Å². The third kappa shape index (κ3) is 19.7. The molecule has 17 nitrogen and oxygen atoms in total. The molecule has 0 spiro atoms. The molecule has 9 aliphatic rings. The molecule has 0 saturated carbocycles. The zero-order chi connectivity index (χ0) is 77.4. The van der Waals surface area contributed by atoms with Crippen LogP contribution in [0.15, 0.2) is 70.7 Å². The van der Waals surface area contributed by atoms with Gasteiger partial charge in [0.25, 0.3) is 0 Å². The topological polar surface area (TPSA) is 155 Å². The van der Waals surface area contributed by atoms with E-state index in [1.54, 1.807) is 27.6 Å². The average Bonchev–Trinajstić information content (AvgIpc) is 0.992. The van der Waals surface area contributed by atoms with Crippen molar-refractivity contribution in [2.45, 2.75) is 257 Å². The van der Waals surface area contributed by atoms with Gasteiger partial charge in [0, 0.05) is 162 Å². The molecule has 0 bridgehead atoms. The minimum Gasteiger partial charge on any atom is -0.444 e. The molecule has 6 aliphatic heterocycles. The molecule has 590 valence electrons. The number of anilines is 3. The molecule has 2 N–H and O–H groups in total. The zero-order valence-electron chi connectivity index (χ0n) is 69.0. The minimum absolute atomic E-state index is 0.174. The normalized spacial score (nSPS) is 22.2. The van der Waals surface area contributed by atoms with Gasteiger partial charge in [0.15, 0.2) is 15.4 Å². The van der Waals surface area contributed by atoms with E-state index in [2.05, 4.69) is 189 Å². The van der Waals surface area contributed by atoms with Gasteiger partial charge in [-0.1, -0.05) is 119 Å². The second kappa shape index (κ2) is 33.0. The number of fused-ring (bicyclic) bond motifs is 3. The molecule has 20 heteroatoms. The van der Waals surface area contributed by atoms with Crippen LogP contribution in [0.25, 0.3) is 33.8 Å². The summed E-state index contributed by atoms with van der Waals surface area (Å²) in [5.74, 6) is 0.227. The maximum atomic E-state index is 12.4. The highest BCUT2D eigenvalue weighted by molar-refractivity contribution is 7.14. The number of hydrogen-bond donors (Lipinski definition) is 2. The third-order valence-corrected chi connectivity index (χ3v) is 27.6. The summed E-state index contributed by atoms with van der Waals surface area (Å²) in [6, 6.07) is 22.5. The van der Waals surface area contributed by atoms with Crippen LogP contribution < -0.4 is 25.3 Å². The molecule has 3 aromatic carbocycles. The van der Waals surface area contributed by atoms with Gasteiger partial charge >= 0.3 is 12.2 Å². The highest BCUT2D eigenvalue weighted by Gasteiger charge is 2.41. The van der Waals surface area contributed by atoms with Crippen molar-refractivity contribution in [2.75, 3.05) is 133 Å². The van der Waals surface area contributed by atoms with Gasteiger partial charge in [0.2, 0.25) is 0 Å². The van der Waals surface area contributed by atoms with Gasteiger partial charge in [-0.2, -0.15) is 0 Å². The molecule has 0 radical (unpaired) electrons. The van der Waals surface area contributed by atoms with Gasteiger partial charge < -0.3 is 44.6 Å². The Morgan fingerprint density at radius 1 is 0.389 bits per heavy atom. The quantitative estimate of drug-likeness (QED) is 0.148. The number of thiazole rings is 3. The molecule has 0 unspecified atom stereocenters. The number of aromatic nitrogens is 3. The second-order valence-corrected chi connectivity index (χ2v) is 40.6. The highest BCUT2D eigenvalue weighted by atomic mass is 32.1. The Balaban J connectivity index is 0.000000141. The minimum atomic E-state index is -0.460. The fraction of sp³-hybridized carbons (Fsp3) is 0.659. The maximum Gasteiger partial charge on any atom is 0.410 e. The lowest BCUT2D eigenvalue weighted by Gasteiger charge is -2.42. The first-order valence-electron chi connectivity index (χ1n) is 40.9. The average molecular weight is 1530 g/mol. The molecule has 6 saturated heterocycles. The standard InChI is InChI=1S/C31H46N4O2S.C26H38N4S.C21H29N3S.C10H17NO3/c1-29(2,3)37-28(36)35-14-10-23(11-15-35)33-16-18-34(19-17-33)27-32-26(21-38-27)22-8-9-24-25(20-22)31(6,7)13-12-30(24,4)5;1-25(2)9-10-26(3,4)22-17-19(5-6-21(22)25)23-18-31-24(28-23)30-15-13-29(14-16-30)20-7-11-27-12-8-20;1-20(2)7-8-21(3,4)17-13-15(5-6-16(17)20)18-14-25-19(23-18)24-11-9-22-10-12-24;1-10(2,3)14-9(13)11-6-4-8(12)5-7-11/h8-9,20-21,23H,10-19H2,1-7H3;5-6,17-18,20,27H,7-16H2,1-4H3;5-6,13-14,22H,7-12H2,1-4H3;4-7H2,1-3H3. The van der Waals surface area contributed by atoms with Crippen molar-refractivity contribution in [1.29, 1.82) is 0 Å². The fourth-order valence-electron chi connectivity index (χ4n) is 17.5. The molecule has 2 amide bonds. The van der Waals surface area contributed by atoms with E-state index in [0.29, 0.717) is 32.0 Å². The summed E-state index contributed by atoms with van der Waals surface area (Å²) < 4.78 is 10.8. The Hall–Kier alpha value is -6.00. The summed E-state index contributed by atoms with van der Waals surface area (Å²) in [5, 5.41) is 17.1. The number of nitrogens with one attached hydrogen (secondary N) is 2. The van der Waals surface area contributed by atoms with E-state index in [0.717, 1.165) is 125 Å². The molecule has 6 aromatic rings. The summed E-state index contributed by atoms with van der Waals surface area (Å²) in [6.07, 6.45) is 12.5. The number of rotatable bonds is 8. The molecular formula is C88H130N12O5S3. The smallest absolute Gasteiger partial charge is 0.410 e. The first-order chi connectivity index (χ1) is 50.9. The first kappa shape index (κ1) is 81.5. The summed E-state index contributed by atoms with van der Waals surface area (Å²) in [5.41, 5.74) is 16.8. The van der Waals surface area contributed by atoms with Gasteiger partial charge in [-0.05, 0) is 203 Å². The van der Waals surface area contributed by atoms with Crippen LogP contribution in [-0.4, -0.2) is 194 Å². The number of benzene rings is 3. The van der Waals surface area contributed by atoms with Crippen molar-refractivity contribution in [3.63, 3.8) is 0 Å². The predicted molar refractivity (Wildman–Crippen MR) is 450 cm³/mol. The Kier molecular flexibility index (Phi) is 24.9. The number of piperazine rings is 3. The van der Waals surface area contributed by atoms with Crippen molar-refractivity contribution in [3.8, 4) is 33.8 Å². The van der Waals surface area contributed by atoms with Crippen LogP contribution in [0.5, 0.6) is 0 Å². The molecule has 9 heterocycles. The number of ether oxygens (including phenoxy) is 2. The number of likely N-dealkylation sites (tertiary alicyclic amines) is 2. The molecule has 3 aromatic heterocycles. The van der Waals surface area contributed by atoms with Crippen LogP contribution >= 0.6 is 34.0 Å². The van der Waals surface area contributed by atoms with E-state index in [9.17, 15) is 14.4 Å². The predicted octanol–water partition coefficient (Wildman–Crippen LogP) is 17.9. The fourth-order valence-corrected chi connectivity index (χ4v) is 20.1. The summed E-state index contributed by atoms with van der Waals surface area (Å²) >= 11 is 5.36. The molecule has 15 rings (SSSR count). The van der Waals surface area contributed by atoms with Crippen molar-refractivity contribution in [2.24, 2.45) is 0 Å². The van der Waals surface area contributed by atoms with Gasteiger partial charge in [0.05, 0.1) is 17.1 Å². The number of ketones is 1. The molecule has 3 aliphatic carbocycles. The van der Waals surface area contributed by atoms with Crippen LogP contribution in [0, 0.1) is 0 Å². The Bertz CT molecular complexity index is 4050. The number of carbonyl (C=O) groups excluding carboxylic acids is 3. The monoisotopic (exact) mass is 1530 g/mol. The highest BCUT2D eigenvalue weighted by Crippen LogP contribution is 2.50. The Morgan fingerprint density at radius 2 is 0.685 bits per heavy atom. The van der Waals surface area contributed by atoms with Crippen LogP contribution in [-0.2, 0) is 46.8 Å². The van der Waals surface area contributed by atoms with Gasteiger partial charge in [-0.3, -0.25) is 14.6 Å². The van der Waals surface area contributed by atoms with Crippen molar-refractivity contribution in [3.05, 3.63) is 104 Å². The number of hydrogen-bond acceptors (Lipinski definition) is 18. The molecular weight excluding hydrogens is 1400 g/mol. The SMILES string of the molecule is CC(C)(C)OC(=O)N1CCC(=O)CC1.CC(C)(C)OC(=O)N1CCC(N2CCN(c3nc(-c4ccc5c(c4)C(C)(C)CCC5(C)C)cs3)CC2)CC1.CC1(C)CCC(C)(C)c2cc(-c3csc(N4CCN(C5CCNCC5)CC4)n3)ccc21.CC1(C)CCC(C)(C)c2cc(-c3csc(N4CCNCC4)n3)ccc21. The van der Waals surface area contributed by atoms with Crippen LogP contribution in [0.2, 0.25) is 0 Å². The molecule has 0 atom stereocenters. The van der Waals surface area contributed by atoms with E-state index in [1.807, 2.05) is 57.8 Å². The summed E-state index contributed by atoms with van der Waals surface area (Å²) in [7, 11) is 0. The number of Topliss-reactive ketones (excluding diaryl/α,β-unsaturated/α-hetero) is 1. The number of amides is 2. The first-order valence-corrected chi connectivity index (χ1v) is 43.5. The Labute approximate surface area is 660 Å². The molecule has 108 heavy (non-hydrogen) atoms. The van der Waals surface area contributed by atoms with Crippen LogP contribution in [0.3, 0.4) is 0 Å². The second-order valence-electron chi connectivity index (χ2n) is 38.1. The van der Waals surface area contributed by atoms with Crippen LogP contribution in [0.4, 0.5) is 25.0 Å².